The predicted octanol–water partition coefficient (Wildman–Crippen LogP) is 0.789. The Kier molecular flexibility index (Phi) is 8.04. The van der Waals surface area contributed by atoms with Gasteiger partial charge >= 0.3 is 18.2 Å². The van der Waals surface area contributed by atoms with Crippen molar-refractivity contribution in [1.82, 2.24) is 10.4 Å². The first kappa shape index (κ1) is 25.0. The number of hydroxylamine groups is 2. The minimum Gasteiger partial charge on any atom is -0.456 e. The Bertz CT molecular complexity index is 939. The molecule has 2 heterocycles. The summed E-state index contributed by atoms with van der Waals surface area (Å²) in [5.41, 5.74) is -0.383. The lowest BCUT2D eigenvalue weighted by molar-refractivity contribution is -0.187. The van der Waals surface area contributed by atoms with E-state index in [2.05, 4.69) is 14.8 Å². The van der Waals surface area contributed by atoms with Crippen molar-refractivity contribution in [3.8, 4) is 0 Å². The van der Waals surface area contributed by atoms with Gasteiger partial charge in [-0.1, -0.05) is 0 Å². The normalized spacial score (nSPS) is 18.3. The third kappa shape index (κ3) is 6.01. The maximum absolute atomic E-state index is 15.0. The molecule has 0 spiro atoms. The van der Waals surface area contributed by atoms with Crippen LogP contribution in [0.3, 0.4) is 0 Å². The fraction of sp³-hybridized carbons (Fsp3) is 0.500. The Morgan fingerprint density at radius 2 is 1.88 bits per heavy atom. The number of ether oxygens (including phenoxy) is 3. The molecular weight excluding hydrogens is 462 g/mol. The van der Waals surface area contributed by atoms with Crippen LogP contribution < -0.4 is 15.1 Å². The number of methoxy groups -OCH3 is 1. The number of cyclic esters (lactones) is 1. The van der Waals surface area contributed by atoms with Crippen LogP contribution >= 0.6 is 0 Å². The number of rotatable bonds is 6. The van der Waals surface area contributed by atoms with E-state index in [4.69, 9.17) is 9.57 Å². The number of benzene rings is 1. The molecule has 0 unspecified atom stereocenters. The number of amides is 3. The van der Waals surface area contributed by atoms with Crippen LogP contribution in [0.4, 0.5) is 29.7 Å². The number of nitrogens with one attached hydrogen (secondary N) is 1. The summed E-state index contributed by atoms with van der Waals surface area (Å²) < 4.78 is 44.1. The summed E-state index contributed by atoms with van der Waals surface area (Å²) in [6.07, 6.45) is -2.24. The van der Waals surface area contributed by atoms with Crippen molar-refractivity contribution < 1.29 is 47.0 Å². The molecule has 1 atom stereocenters. The largest absolute Gasteiger partial charge is 0.456 e. The van der Waals surface area contributed by atoms with E-state index in [1.807, 2.05) is 0 Å². The van der Waals surface area contributed by atoms with Gasteiger partial charge in [-0.3, -0.25) is 19.3 Å². The molecule has 3 rings (SSSR count). The molecule has 2 aliphatic heterocycles. The molecule has 1 aromatic carbocycles. The number of alkyl carbamates (subject to hydrolysis) is 1. The highest BCUT2D eigenvalue weighted by molar-refractivity contribution is 5.90. The molecule has 2 fully saturated rings. The average Bonchev–Trinajstić information content (AvgIpc) is 3.00. The molecule has 0 saturated carbocycles. The van der Waals surface area contributed by atoms with Crippen LogP contribution in [-0.4, -0.2) is 88.3 Å². The second-order valence-electron chi connectivity index (χ2n) is 7.34. The molecule has 2 saturated heterocycles. The highest BCUT2D eigenvalue weighted by Crippen LogP contribution is 2.31. The third-order valence-electron chi connectivity index (χ3n) is 5.02. The van der Waals surface area contributed by atoms with E-state index in [0.717, 1.165) is 29.0 Å². The first-order chi connectivity index (χ1) is 16.2. The Morgan fingerprint density at radius 3 is 2.53 bits per heavy atom. The Hall–Kier alpha value is -3.68. The van der Waals surface area contributed by atoms with Crippen molar-refractivity contribution in [2.45, 2.75) is 13.0 Å². The summed E-state index contributed by atoms with van der Waals surface area (Å²) in [6, 6.07) is 2.01. The predicted molar refractivity (Wildman–Crippen MR) is 111 cm³/mol. The van der Waals surface area contributed by atoms with Crippen LogP contribution in [0, 0.1) is 11.6 Å². The lowest BCUT2D eigenvalue weighted by Crippen LogP contribution is -2.37. The standard InChI is InChI=1S/C20H24F2N4O8/c1-12(27)32-11-17(28)26-4-3-24(5-6-33-26)18-15(21)7-13(8-16(18)22)25-10-14(34-20(25)30)9-23-19(29)31-2/h7-8,14H,3-6,9-11H2,1-2H3,(H,23,29)/t14-/m0/s1. The molecule has 3 amide bonds. The number of carbonyl (C=O) groups is 4. The zero-order valence-electron chi connectivity index (χ0n) is 18.5. The van der Waals surface area contributed by atoms with Crippen LogP contribution in [0.25, 0.3) is 0 Å². The lowest BCUT2D eigenvalue weighted by atomic mass is 10.2. The van der Waals surface area contributed by atoms with Crippen molar-refractivity contribution in [2.24, 2.45) is 0 Å². The van der Waals surface area contributed by atoms with Gasteiger partial charge in [0.15, 0.2) is 18.2 Å². The van der Waals surface area contributed by atoms with Crippen molar-refractivity contribution in [3.05, 3.63) is 23.8 Å². The topological polar surface area (TPSA) is 127 Å². The minimum atomic E-state index is -0.918. The molecule has 0 radical (unpaired) electrons. The molecule has 0 aromatic heterocycles. The second kappa shape index (κ2) is 11.0. The van der Waals surface area contributed by atoms with Gasteiger partial charge in [-0.05, 0) is 0 Å². The van der Waals surface area contributed by atoms with Crippen LogP contribution in [0.15, 0.2) is 12.1 Å². The van der Waals surface area contributed by atoms with Crippen molar-refractivity contribution in [1.29, 1.82) is 0 Å². The summed E-state index contributed by atoms with van der Waals surface area (Å²) in [5.74, 6) is -3.06. The summed E-state index contributed by atoms with van der Waals surface area (Å²) in [7, 11) is 1.18. The maximum Gasteiger partial charge on any atom is 0.414 e. The van der Waals surface area contributed by atoms with Gasteiger partial charge in [-0.25, -0.2) is 23.4 Å². The number of halogens is 2. The average molecular weight is 486 g/mol. The quantitative estimate of drug-likeness (QED) is 0.459. The lowest BCUT2D eigenvalue weighted by Gasteiger charge is -2.24. The first-order valence-corrected chi connectivity index (χ1v) is 10.3. The maximum atomic E-state index is 15.0. The Labute approximate surface area is 193 Å². The highest BCUT2D eigenvalue weighted by Gasteiger charge is 2.34. The molecule has 0 aliphatic carbocycles. The van der Waals surface area contributed by atoms with Crippen LogP contribution in [-0.2, 0) is 28.6 Å². The summed E-state index contributed by atoms with van der Waals surface area (Å²) in [5, 5.41) is 3.37. The smallest absolute Gasteiger partial charge is 0.414 e. The number of hydrogen-bond donors (Lipinski definition) is 1. The van der Waals surface area contributed by atoms with Gasteiger partial charge in [0.1, 0.15) is 11.8 Å². The molecule has 1 N–H and O–H groups in total. The fourth-order valence-electron chi connectivity index (χ4n) is 3.42. The van der Waals surface area contributed by atoms with Gasteiger partial charge in [0, 0.05) is 32.1 Å². The SMILES string of the molecule is COC(=O)NC[C@H]1CN(c2cc(F)c(N3CCON(C(=O)COC(C)=O)CC3)c(F)c2)C(=O)O1. The molecule has 2 aliphatic rings. The monoisotopic (exact) mass is 486 g/mol. The third-order valence-corrected chi connectivity index (χ3v) is 5.02. The van der Waals surface area contributed by atoms with Gasteiger partial charge in [-0.2, -0.15) is 0 Å². The zero-order chi connectivity index (χ0) is 24.8. The van der Waals surface area contributed by atoms with Gasteiger partial charge < -0.3 is 24.4 Å². The summed E-state index contributed by atoms with van der Waals surface area (Å²) in [4.78, 5) is 54.0. The van der Waals surface area contributed by atoms with Crippen LogP contribution in [0.5, 0.6) is 0 Å². The number of nitrogens with zero attached hydrogens (tertiary/aromatic N) is 3. The van der Waals surface area contributed by atoms with Gasteiger partial charge in [0.25, 0.3) is 5.91 Å². The molecule has 14 heteroatoms. The molecule has 34 heavy (non-hydrogen) atoms. The first-order valence-electron chi connectivity index (χ1n) is 10.3. The molecule has 12 nitrogen and oxygen atoms in total. The van der Waals surface area contributed by atoms with Crippen molar-refractivity contribution >= 4 is 35.4 Å². The van der Waals surface area contributed by atoms with Crippen molar-refractivity contribution in [3.63, 3.8) is 0 Å². The number of anilines is 2. The number of carbonyl (C=O) groups excluding carboxylic acids is 4. The van der Waals surface area contributed by atoms with Gasteiger partial charge in [-0.15, -0.1) is 0 Å². The van der Waals surface area contributed by atoms with Gasteiger partial charge in [0.2, 0.25) is 0 Å². The van der Waals surface area contributed by atoms with Crippen LogP contribution in [0.2, 0.25) is 0 Å². The van der Waals surface area contributed by atoms with E-state index >= 15 is 0 Å². The van der Waals surface area contributed by atoms with E-state index in [1.54, 1.807) is 0 Å². The molecule has 0 bridgehead atoms. The molecule has 186 valence electrons. The van der Waals surface area contributed by atoms with Gasteiger partial charge in [0.05, 0.1) is 39.0 Å². The minimum absolute atomic E-state index is 0.0198. The molecular formula is C20H24F2N4O8. The summed E-state index contributed by atoms with van der Waals surface area (Å²) >= 11 is 0. The van der Waals surface area contributed by atoms with E-state index in [1.165, 1.54) is 12.0 Å². The Morgan fingerprint density at radius 1 is 1.18 bits per heavy atom. The second-order valence-corrected chi connectivity index (χ2v) is 7.34. The van der Waals surface area contributed by atoms with Crippen LogP contribution in [0.1, 0.15) is 6.92 Å². The zero-order valence-corrected chi connectivity index (χ0v) is 18.5. The highest BCUT2D eigenvalue weighted by atomic mass is 19.1. The van der Waals surface area contributed by atoms with E-state index < -0.39 is 48.4 Å². The fourth-order valence-corrected chi connectivity index (χ4v) is 3.42. The van der Waals surface area contributed by atoms with Crippen molar-refractivity contribution in [2.75, 3.05) is 62.8 Å². The Balaban J connectivity index is 1.66. The number of esters is 1. The molecule has 1 aromatic rings. The number of hydrogen-bond acceptors (Lipinski definition) is 9. The van der Waals surface area contributed by atoms with E-state index in [9.17, 15) is 28.0 Å². The van der Waals surface area contributed by atoms with E-state index in [0.29, 0.717) is 0 Å². The van der Waals surface area contributed by atoms with E-state index in [-0.39, 0.29) is 50.7 Å². The summed E-state index contributed by atoms with van der Waals surface area (Å²) in [6.45, 7) is 0.664.